The Labute approximate surface area is 107 Å². The zero-order valence-electron chi connectivity index (χ0n) is 11.9. The lowest BCUT2D eigenvalue weighted by Crippen LogP contribution is -1.99. The van der Waals surface area contributed by atoms with Crippen LogP contribution in [0.3, 0.4) is 0 Å². The van der Waals surface area contributed by atoms with E-state index in [2.05, 4.69) is 40.3 Å². The van der Waals surface area contributed by atoms with Crippen molar-refractivity contribution in [2.75, 3.05) is 0 Å². The summed E-state index contributed by atoms with van der Waals surface area (Å²) in [5.41, 5.74) is 7.44. The zero-order valence-corrected chi connectivity index (χ0v) is 11.9. The minimum atomic E-state index is 1.16. The Bertz CT molecular complexity index is 386. The maximum Gasteiger partial charge on any atom is -0.0274 e. The Hall–Kier alpha value is -1.04. The monoisotopic (exact) mass is 230 g/mol. The standard InChI is InChI=1S/C17H26/c1-6-7-8-9-10-11-17-14(3)12-13(2)15(4)16(17)5/h6,12H,1,7-11H2,2-5H3. The molecule has 0 aromatic heterocycles. The van der Waals surface area contributed by atoms with Crippen LogP contribution in [0.2, 0.25) is 0 Å². The first-order valence-corrected chi connectivity index (χ1v) is 6.75. The molecule has 0 saturated heterocycles. The molecular formula is C17H26. The number of rotatable bonds is 6. The zero-order chi connectivity index (χ0) is 12.8. The predicted molar refractivity (Wildman–Crippen MR) is 77.8 cm³/mol. The van der Waals surface area contributed by atoms with Crippen LogP contribution in [-0.4, -0.2) is 0 Å². The highest BCUT2D eigenvalue weighted by Gasteiger charge is 2.07. The third-order valence-corrected chi connectivity index (χ3v) is 3.85. The van der Waals surface area contributed by atoms with Crippen molar-refractivity contribution >= 4 is 0 Å². The first-order valence-electron chi connectivity index (χ1n) is 6.75. The largest absolute Gasteiger partial charge is 0.103 e. The Morgan fingerprint density at radius 2 is 1.65 bits per heavy atom. The van der Waals surface area contributed by atoms with Crippen molar-refractivity contribution in [1.29, 1.82) is 0 Å². The van der Waals surface area contributed by atoms with Gasteiger partial charge >= 0.3 is 0 Å². The molecule has 0 aliphatic rings. The molecule has 0 nitrogen and oxygen atoms in total. The molecule has 0 bridgehead atoms. The van der Waals surface area contributed by atoms with Gasteiger partial charge < -0.3 is 0 Å². The molecule has 1 aromatic carbocycles. The molecule has 17 heavy (non-hydrogen) atoms. The second kappa shape index (κ2) is 6.64. The van der Waals surface area contributed by atoms with Gasteiger partial charge in [0.1, 0.15) is 0 Å². The molecule has 0 atom stereocenters. The Balaban J connectivity index is 2.65. The maximum atomic E-state index is 3.77. The van der Waals surface area contributed by atoms with E-state index < -0.39 is 0 Å². The van der Waals surface area contributed by atoms with E-state index in [9.17, 15) is 0 Å². The van der Waals surface area contributed by atoms with Crippen molar-refractivity contribution in [2.24, 2.45) is 0 Å². The molecule has 94 valence electrons. The molecule has 0 aliphatic heterocycles. The molecule has 0 heteroatoms. The molecule has 0 heterocycles. The molecule has 0 saturated carbocycles. The Kier molecular flexibility index (Phi) is 5.47. The van der Waals surface area contributed by atoms with Crippen LogP contribution in [0.25, 0.3) is 0 Å². The van der Waals surface area contributed by atoms with Gasteiger partial charge in [-0.25, -0.2) is 0 Å². The van der Waals surface area contributed by atoms with Crippen LogP contribution in [0.4, 0.5) is 0 Å². The molecule has 0 fully saturated rings. The number of benzene rings is 1. The summed E-state index contributed by atoms with van der Waals surface area (Å²) in [6, 6.07) is 2.33. The molecule has 1 aromatic rings. The fourth-order valence-corrected chi connectivity index (χ4v) is 2.49. The first-order chi connectivity index (χ1) is 8.07. The molecule has 0 amide bonds. The fourth-order valence-electron chi connectivity index (χ4n) is 2.49. The van der Waals surface area contributed by atoms with E-state index in [1.807, 2.05) is 6.08 Å². The van der Waals surface area contributed by atoms with Crippen molar-refractivity contribution in [3.63, 3.8) is 0 Å². The SMILES string of the molecule is C=CCCCCCc1c(C)cc(C)c(C)c1C. The van der Waals surface area contributed by atoms with Gasteiger partial charge in [-0.2, -0.15) is 0 Å². The fraction of sp³-hybridized carbons (Fsp3) is 0.529. The van der Waals surface area contributed by atoms with Gasteiger partial charge in [-0.15, -0.1) is 6.58 Å². The minimum Gasteiger partial charge on any atom is -0.103 e. The van der Waals surface area contributed by atoms with E-state index in [4.69, 9.17) is 0 Å². The summed E-state index contributed by atoms with van der Waals surface area (Å²) in [6.07, 6.45) is 8.32. The van der Waals surface area contributed by atoms with E-state index in [0.29, 0.717) is 0 Å². The van der Waals surface area contributed by atoms with Crippen LogP contribution in [-0.2, 0) is 6.42 Å². The van der Waals surface area contributed by atoms with Gasteiger partial charge in [-0.1, -0.05) is 18.6 Å². The summed E-state index contributed by atoms with van der Waals surface area (Å²) in [5, 5.41) is 0. The third kappa shape index (κ3) is 3.73. The molecule has 0 aliphatic carbocycles. The van der Waals surface area contributed by atoms with Crippen LogP contribution in [0.5, 0.6) is 0 Å². The summed E-state index contributed by atoms with van der Waals surface area (Å²) < 4.78 is 0. The summed E-state index contributed by atoms with van der Waals surface area (Å²) >= 11 is 0. The summed E-state index contributed by atoms with van der Waals surface area (Å²) in [7, 11) is 0. The van der Waals surface area contributed by atoms with Crippen molar-refractivity contribution in [3.05, 3.63) is 46.5 Å². The van der Waals surface area contributed by atoms with E-state index in [-0.39, 0.29) is 0 Å². The van der Waals surface area contributed by atoms with Gasteiger partial charge in [0.05, 0.1) is 0 Å². The van der Waals surface area contributed by atoms with Gasteiger partial charge in [0.25, 0.3) is 0 Å². The molecule has 0 unspecified atom stereocenters. The highest BCUT2D eigenvalue weighted by atomic mass is 14.1. The van der Waals surface area contributed by atoms with Gasteiger partial charge in [0, 0.05) is 0 Å². The second-order valence-electron chi connectivity index (χ2n) is 5.13. The topological polar surface area (TPSA) is 0 Å². The highest BCUT2D eigenvalue weighted by molar-refractivity contribution is 5.43. The van der Waals surface area contributed by atoms with Crippen molar-refractivity contribution in [2.45, 2.75) is 59.8 Å². The molecule has 0 spiro atoms. The lowest BCUT2D eigenvalue weighted by molar-refractivity contribution is 0.684. The summed E-state index contributed by atoms with van der Waals surface area (Å²) in [6.45, 7) is 12.7. The number of hydrogen-bond donors (Lipinski definition) is 0. The van der Waals surface area contributed by atoms with Crippen LogP contribution >= 0.6 is 0 Å². The maximum absolute atomic E-state index is 3.77. The van der Waals surface area contributed by atoms with E-state index in [1.165, 1.54) is 47.9 Å². The first kappa shape index (κ1) is 14.0. The van der Waals surface area contributed by atoms with E-state index >= 15 is 0 Å². The van der Waals surface area contributed by atoms with Crippen LogP contribution in [0, 0.1) is 27.7 Å². The minimum absolute atomic E-state index is 1.16. The van der Waals surface area contributed by atoms with Gasteiger partial charge in [-0.3, -0.25) is 0 Å². The highest BCUT2D eigenvalue weighted by Crippen LogP contribution is 2.23. The molecule has 0 radical (unpaired) electrons. The number of unbranched alkanes of at least 4 members (excludes halogenated alkanes) is 3. The second-order valence-corrected chi connectivity index (χ2v) is 5.13. The quantitative estimate of drug-likeness (QED) is 0.465. The van der Waals surface area contributed by atoms with E-state index in [1.54, 1.807) is 5.56 Å². The summed E-state index contributed by atoms with van der Waals surface area (Å²) in [5.74, 6) is 0. The van der Waals surface area contributed by atoms with Gasteiger partial charge in [0.15, 0.2) is 0 Å². The Morgan fingerprint density at radius 3 is 2.29 bits per heavy atom. The van der Waals surface area contributed by atoms with Crippen molar-refractivity contribution in [1.82, 2.24) is 0 Å². The van der Waals surface area contributed by atoms with E-state index in [0.717, 1.165) is 6.42 Å². The number of allylic oxidation sites excluding steroid dienone is 1. The van der Waals surface area contributed by atoms with Crippen molar-refractivity contribution in [3.8, 4) is 0 Å². The van der Waals surface area contributed by atoms with Crippen LogP contribution in [0.15, 0.2) is 18.7 Å². The molecule has 0 N–H and O–H groups in total. The van der Waals surface area contributed by atoms with Gasteiger partial charge in [-0.05, 0) is 81.2 Å². The Morgan fingerprint density at radius 1 is 0.941 bits per heavy atom. The van der Waals surface area contributed by atoms with Crippen LogP contribution < -0.4 is 0 Å². The number of aryl methyl sites for hydroxylation is 2. The average Bonchev–Trinajstić information content (AvgIpc) is 2.30. The molecule has 1 rings (SSSR count). The third-order valence-electron chi connectivity index (χ3n) is 3.85. The lowest BCUT2D eigenvalue weighted by Gasteiger charge is -2.15. The number of hydrogen-bond acceptors (Lipinski definition) is 0. The lowest BCUT2D eigenvalue weighted by atomic mass is 9.91. The van der Waals surface area contributed by atoms with Crippen LogP contribution in [0.1, 0.15) is 53.5 Å². The average molecular weight is 230 g/mol. The predicted octanol–water partition coefficient (Wildman–Crippen LogP) is 5.21. The van der Waals surface area contributed by atoms with Crippen molar-refractivity contribution < 1.29 is 0 Å². The smallest absolute Gasteiger partial charge is 0.0274 e. The van der Waals surface area contributed by atoms with Gasteiger partial charge in [0.2, 0.25) is 0 Å². The molecular weight excluding hydrogens is 204 g/mol. The summed E-state index contributed by atoms with van der Waals surface area (Å²) in [4.78, 5) is 0. The normalized spacial score (nSPS) is 10.6.